The number of likely N-dealkylation sites (tertiary alicyclic amines) is 1. The zero-order chi connectivity index (χ0) is 15.5. The van der Waals surface area contributed by atoms with E-state index in [0.29, 0.717) is 12.5 Å². The molecule has 1 N–H and O–H groups in total. The lowest BCUT2D eigenvalue weighted by atomic mass is 9.95. The molecule has 0 aromatic carbocycles. The number of hydrogen-bond acceptors (Lipinski definition) is 5. The van der Waals surface area contributed by atoms with Crippen molar-refractivity contribution in [3.05, 3.63) is 40.6 Å². The lowest BCUT2D eigenvalue weighted by Crippen LogP contribution is -2.36. The van der Waals surface area contributed by atoms with Gasteiger partial charge in [0.25, 0.3) is 0 Å². The van der Waals surface area contributed by atoms with Gasteiger partial charge >= 0.3 is 5.69 Å². The van der Waals surface area contributed by atoms with Crippen molar-refractivity contribution in [2.75, 3.05) is 13.1 Å². The van der Waals surface area contributed by atoms with Gasteiger partial charge in [0.05, 0.1) is 6.04 Å². The van der Waals surface area contributed by atoms with Gasteiger partial charge in [-0.1, -0.05) is 0 Å². The maximum absolute atomic E-state index is 11.7. The van der Waals surface area contributed by atoms with Crippen LogP contribution in [0.25, 0.3) is 0 Å². The fraction of sp³-hybridized carbons (Fsp3) is 0.600. The molecule has 3 rings (SSSR count). The van der Waals surface area contributed by atoms with Crippen LogP contribution < -0.4 is 5.69 Å². The van der Waals surface area contributed by atoms with Crippen molar-refractivity contribution in [2.24, 2.45) is 0 Å². The number of nitrogens with one attached hydrogen (secondary N) is 1. The van der Waals surface area contributed by atoms with Crippen molar-refractivity contribution in [1.29, 1.82) is 0 Å². The molecule has 1 unspecified atom stereocenters. The van der Waals surface area contributed by atoms with Gasteiger partial charge in [-0.3, -0.25) is 9.47 Å². The van der Waals surface area contributed by atoms with Gasteiger partial charge in [-0.2, -0.15) is 5.10 Å². The molecule has 1 saturated heterocycles. The first kappa shape index (κ1) is 14.9. The predicted molar refractivity (Wildman–Crippen MR) is 82.5 cm³/mol. The summed E-state index contributed by atoms with van der Waals surface area (Å²) in [6.07, 6.45) is 5.58. The van der Waals surface area contributed by atoms with Crippen molar-refractivity contribution in [3.8, 4) is 0 Å². The van der Waals surface area contributed by atoms with Gasteiger partial charge in [-0.25, -0.2) is 19.9 Å². The molecule has 3 heterocycles. The van der Waals surface area contributed by atoms with Crippen LogP contribution in [0, 0.1) is 0 Å². The fourth-order valence-corrected chi connectivity index (χ4v) is 3.18. The number of aromatic amines is 1. The molecule has 0 aliphatic carbocycles. The molecule has 0 spiro atoms. The molecule has 22 heavy (non-hydrogen) atoms. The summed E-state index contributed by atoms with van der Waals surface area (Å²) >= 11 is 0. The second-order valence-corrected chi connectivity index (χ2v) is 5.72. The van der Waals surface area contributed by atoms with Crippen molar-refractivity contribution in [3.63, 3.8) is 0 Å². The minimum atomic E-state index is -0.106. The van der Waals surface area contributed by atoms with Crippen LogP contribution in [0.2, 0.25) is 0 Å². The standard InChI is InChI=1S/C15H22N6O/c1-3-21-14(18-19-15(21)22)12-5-9-20(10-6-12)11(2)13-16-7-4-8-17-13/h4,7-8,11-12H,3,5-6,9-10H2,1-2H3,(H,19,22). The van der Waals surface area contributed by atoms with Crippen molar-refractivity contribution in [1.82, 2.24) is 29.6 Å². The molecule has 0 bridgehead atoms. The van der Waals surface area contributed by atoms with Gasteiger partial charge in [0.15, 0.2) is 0 Å². The topological polar surface area (TPSA) is 79.7 Å². The summed E-state index contributed by atoms with van der Waals surface area (Å²) in [7, 11) is 0. The first-order chi connectivity index (χ1) is 10.7. The third-order valence-corrected chi connectivity index (χ3v) is 4.51. The predicted octanol–water partition coefficient (Wildman–Crippen LogP) is 1.32. The van der Waals surface area contributed by atoms with Crippen molar-refractivity contribution < 1.29 is 0 Å². The van der Waals surface area contributed by atoms with Gasteiger partial charge < -0.3 is 0 Å². The first-order valence-corrected chi connectivity index (χ1v) is 7.86. The van der Waals surface area contributed by atoms with E-state index >= 15 is 0 Å². The molecule has 1 aliphatic heterocycles. The Morgan fingerprint density at radius 2 is 2.00 bits per heavy atom. The van der Waals surface area contributed by atoms with E-state index in [4.69, 9.17) is 0 Å². The molecule has 118 valence electrons. The lowest BCUT2D eigenvalue weighted by molar-refractivity contribution is 0.153. The molecule has 0 saturated carbocycles. The molecule has 7 heteroatoms. The number of aromatic nitrogens is 5. The molecule has 7 nitrogen and oxygen atoms in total. The van der Waals surface area contributed by atoms with Gasteiger partial charge in [0.1, 0.15) is 11.6 Å². The maximum Gasteiger partial charge on any atom is 0.343 e. The van der Waals surface area contributed by atoms with Crippen LogP contribution in [-0.2, 0) is 6.54 Å². The molecular formula is C15H22N6O. The van der Waals surface area contributed by atoms with E-state index < -0.39 is 0 Å². The van der Waals surface area contributed by atoms with E-state index in [1.165, 1.54) is 0 Å². The van der Waals surface area contributed by atoms with E-state index in [9.17, 15) is 4.79 Å². The summed E-state index contributed by atoms with van der Waals surface area (Å²) in [5.74, 6) is 2.11. The van der Waals surface area contributed by atoms with Crippen LogP contribution >= 0.6 is 0 Å². The number of piperidine rings is 1. The zero-order valence-corrected chi connectivity index (χ0v) is 13.1. The van der Waals surface area contributed by atoms with Gasteiger partial charge in [-0.15, -0.1) is 0 Å². The van der Waals surface area contributed by atoms with Gasteiger partial charge in [0, 0.05) is 24.9 Å². The quantitative estimate of drug-likeness (QED) is 0.921. The highest BCUT2D eigenvalue weighted by molar-refractivity contribution is 5.01. The van der Waals surface area contributed by atoms with Crippen LogP contribution in [0.1, 0.15) is 50.3 Å². The summed E-state index contributed by atoms with van der Waals surface area (Å²) in [5, 5.41) is 6.79. The Morgan fingerprint density at radius 1 is 1.32 bits per heavy atom. The maximum atomic E-state index is 11.7. The van der Waals surface area contributed by atoms with E-state index in [0.717, 1.165) is 37.6 Å². The molecule has 1 fully saturated rings. The van der Waals surface area contributed by atoms with E-state index in [2.05, 4.69) is 32.0 Å². The van der Waals surface area contributed by atoms with Crippen molar-refractivity contribution in [2.45, 2.75) is 45.2 Å². The SMILES string of the molecule is CCn1c(C2CCN(C(C)c3ncccn3)CC2)n[nH]c1=O. The number of H-pyrrole nitrogens is 1. The Labute approximate surface area is 129 Å². The summed E-state index contributed by atoms with van der Waals surface area (Å²) < 4.78 is 1.74. The minimum Gasteiger partial charge on any atom is -0.294 e. The highest BCUT2D eigenvalue weighted by Gasteiger charge is 2.28. The Hall–Kier alpha value is -2.02. The van der Waals surface area contributed by atoms with Crippen LogP contribution in [0.5, 0.6) is 0 Å². The molecule has 1 aliphatic rings. The molecule has 1 atom stereocenters. The first-order valence-electron chi connectivity index (χ1n) is 7.86. The average Bonchev–Trinajstić information content (AvgIpc) is 2.96. The Bertz CT molecular complexity index is 656. The highest BCUT2D eigenvalue weighted by Crippen LogP contribution is 2.29. The molecule has 2 aromatic rings. The zero-order valence-electron chi connectivity index (χ0n) is 13.1. The Morgan fingerprint density at radius 3 is 2.64 bits per heavy atom. The minimum absolute atomic E-state index is 0.106. The Balaban J connectivity index is 1.66. The van der Waals surface area contributed by atoms with E-state index in [1.807, 2.05) is 13.0 Å². The highest BCUT2D eigenvalue weighted by atomic mass is 16.1. The van der Waals surface area contributed by atoms with Crippen molar-refractivity contribution >= 4 is 0 Å². The van der Waals surface area contributed by atoms with Crippen LogP contribution in [0.3, 0.4) is 0 Å². The summed E-state index contributed by atoms with van der Waals surface area (Å²) in [5.41, 5.74) is -0.106. The molecule has 2 aromatic heterocycles. The molecule has 0 radical (unpaired) electrons. The van der Waals surface area contributed by atoms with Gasteiger partial charge in [-0.05, 0) is 45.8 Å². The summed E-state index contributed by atoms with van der Waals surface area (Å²) in [6.45, 7) is 6.72. The third-order valence-electron chi connectivity index (χ3n) is 4.51. The summed E-state index contributed by atoms with van der Waals surface area (Å²) in [4.78, 5) is 22.8. The molecule has 0 amide bonds. The fourth-order valence-electron chi connectivity index (χ4n) is 3.18. The Kier molecular flexibility index (Phi) is 4.33. The lowest BCUT2D eigenvalue weighted by Gasteiger charge is -2.34. The second kappa shape index (κ2) is 6.39. The second-order valence-electron chi connectivity index (χ2n) is 5.72. The van der Waals surface area contributed by atoms with Gasteiger partial charge in [0.2, 0.25) is 0 Å². The largest absolute Gasteiger partial charge is 0.343 e. The van der Waals surface area contributed by atoms with E-state index in [1.54, 1.807) is 17.0 Å². The number of nitrogens with zero attached hydrogens (tertiary/aromatic N) is 5. The average molecular weight is 302 g/mol. The normalized spacial score (nSPS) is 18.5. The number of hydrogen-bond donors (Lipinski definition) is 1. The summed E-state index contributed by atoms with van der Waals surface area (Å²) in [6, 6.07) is 2.05. The molecular weight excluding hydrogens is 280 g/mol. The van der Waals surface area contributed by atoms with Crippen LogP contribution in [-0.4, -0.2) is 42.7 Å². The van der Waals surface area contributed by atoms with E-state index in [-0.39, 0.29) is 11.7 Å². The number of rotatable bonds is 4. The monoisotopic (exact) mass is 302 g/mol. The van der Waals surface area contributed by atoms with Crippen LogP contribution in [0.15, 0.2) is 23.3 Å². The van der Waals surface area contributed by atoms with Crippen LogP contribution in [0.4, 0.5) is 0 Å². The third kappa shape index (κ3) is 2.81. The smallest absolute Gasteiger partial charge is 0.294 e.